The van der Waals surface area contributed by atoms with Crippen LogP contribution in [0, 0.1) is 13.8 Å². The Kier molecular flexibility index (Phi) is 6.46. The van der Waals surface area contributed by atoms with Gasteiger partial charge in [-0.05, 0) is 92.5 Å². The van der Waals surface area contributed by atoms with Gasteiger partial charge in [-0.15, -0.1) is 0 Å². The van der Waals surface area contributed by atoms with Gasteiger partial charge >= 0.3 is 0 Å². The van der Waals surface area contributed by atoms with Crippen molar-refractivity contribution in [2.24, 2.45) is 0 Å². The molecule has 0 aliphatic rings. The number of rotatable bonds is 5. The van der Waals surface area contributed by atoms with Crippen molar-refractivity contribution < 1.29 is 0 Å². The molecule has 0 fully saturated rings. The maximum absolute atomic E-state index is 2.33. The molecule has 0 aliphatic heterocycles. The van der Waals surface area contributed by atoms with Gasteiger partial charge in [-0.25, -0.2) is 0 Å². The van der Waals surface area contributed by atoms with Crippen molar-refractivity contribution in [1.29, 1.82) is 0 Å². The highest BCUT2D eigenvalue weighted by molar-refractivity contribution is 5.89. The normalized spacial score (nSPS) is 11.7. The quantitative estimate of drug-likeness (QED) is 0.213. The number of hydrogen-bond donors (Lipinski definition) is 0. The van der Waals surface area contributed by atoms with E-state index in [2.05, 4.69) is 159 Å². The summed E-state index contributed by atoms with van der Waals surface area (Å²) in [5, 5.41) is 5.06. The maximum atomic E-state index is 2.33. The first-order valence-corrected chi connectivity index (χ1v) is 13.2. The van der Waals surface area contributed by atoms with Gasteiger partial charge in [-0.2, -0.15) is 0 Å². The Bertz CT molecular complexity index is 1810. The molecule has 0 N–H and O–H groups in total. The summed E-state index contributed by atoms with van der Waals surface area (Å²) in [4.78, 5) is 0. The first kappa shape index (κ1) is 23.7. The number of aryl methyl sites for hydroxylation is 2. The minimum absolute atomic E-state index is 1.21. The van der Waals surface area contributed by atoms with Crippen molar-refractivity contribution >= 4 is 45.8 Å². The minimum atomic E-state index is 1.21. The highest BCUT2D eigenvalue weighted by atomic mass is 14.1. The van der Waals surface area contributed by atoms with E-state index in [0.29, 0.717) is 0 Å². The van der Waals surface area contributed by atoms with Crippen LogP contribution in [0.15, 0.2) is 121 Å². The molecule has 0 heteroatoms. The van der Waals surface area contributed by atoms with E-state index in [1.807, 2.05) is 0 Å². The van der Waals surface area contributed by atoms with Crippen molar-refractivity contribution in [2.75, 3.05) is 0 Å². The Labute approximate surface area is 225 Å². The van der Waals surface area contributed by atoms with E-state index in [4.69, 9.17) is 0 Å². The van der Waals surface area contributed by atoms with E-state index in [1.54, 1.807) is 0 Å². The Morgan fingerprint density at radius 3 is 1.53 bits per heavy atom. The van der Waals surface area contributed by atoms with E-state index in [0.717, 1.165) is 0 Å². The summed E-state index contributed by atoms with van der Waals surface area (Å²) < 4.78 is 0. The average molecular weight is 487 g/mol. The Morgan fingerprint density at radius 1 is 0.421 bits per heavy atom. The van der Waals surface area contributed by atoms with Crippen LogP contribution in [-0.2, 0) is 0 Å². The molecule has 182 valence electrons. The van der Waals surface area contributed by atoms with Gasteiger partial charge in [0.2, 0.25) is 0 Å². The highest BCUT2D eigenvalue weighted by Gasteiger charge is 2.08. The average Bonchev–Trinajstić information content (AvgIpc) is 2.96. The third kappa shape index (κ3) is 5.08. The molecule has 0 heterocycles. The number of fused-ring (bicyclic) bond motifs is 2. The van der Waals surface area contributed by atoms with E-state index in [9.17, 15) is 0 Å². The van der Waals surface area contributed by atoms with Crippen LogP contribution < -0.4 is 0 Å². The van der Waals surface area contributed by atoms with Crippen molar-refractivity contribution in [2.45, 2.75) is 13.8 Å². The lowest BCUT2D eigenvalue weighted by Gasteiger charge is -2.12. The third-order valence-corrected chi connectivity index (χ3v) is 7.26. The van der Waals surface area contributed by atoms with Crippen molar-refractivity contribution in [3.05, 3.63) is 155 Å². The molecule has 0 aromatic heterocycles. The van der Waals surface area contributed by atoms with Gasteiger partial charge in [0.15, 0.2) is 0 Å². The molecule has 0 saturated heterocycles. The smallest absolute Gasteiger partial charge is 0.0105 e. The second kappa shape index (κ2) is 10.4. The molecule has 0 spiro atoms. The predicted molar refractivity (Wildman–Crippen MR) is 167 cm³/mol. The minimum Gasteiger partial charge on any atom is -0.0616 e. The summed E-state index contributed by atoms with van der Waals surface area (Å²) in [6.07, 6.45) is 8.94. The highest BCUT2D eigenvalue weighted by Crippen LogP contribution is 2.31. The fraction of sp³-hybridized carbons (Fsp3) is 0.0526. The molecule has 0 nitrogen and oxygen atoms in total. The molecular weight excluding hydrogens is 456 g/mol. The SMILES string of the molecule is Cc1ccc(-c2cc(C=Cc3ccc4ccccc4c3)c(C)cc2C=Cc2ccc3ccccc3c2)cc1. The molecule has 0 amide bonds. The fourth-order valence-corrected chi connectivity index (χ4v) is 5.04. The van der Waals surface area contributed by atoms with E-state index < -0.39 is 0 Å². The van der Waals surface area contributed by atoms with Gasteiger partial charge in [-0.1, -0.05) is 133 Å². The van der Waals surface area contributed by atoms with E-state index >= 15 is 0 Å². The fourth-order valence-electron chi connectivity index (χ4n) is 5.04. The Morgan fingerprint density at radius 2 is 0.947 bits per heavy atom. The van der Waals surface area contributed by atoms with Crippen LogP contribution in [-0.4, -0.2) is 0 Å². The molecule has 0 unspecified atom stereocenters. The third-order valence-electron chi connectivity index (χ3n) is 7.26. The molecular formula is C38H30. The van der Waals surface area contributed by atoms with Crippen LogP contribution in [0.1, 0.15) is 33.4 Å². The maximum Gasteiger partial charge on any atom is -0.0105 e. The van der Waals surface area contributed by atoms with Crippen LogP contribution in [0.2, 0.25) is 0 Å². The van der Waals surface area contributed by atoms with Crippen molar-refractivity contribution in [1.82, 2.24) is 0 Å². The summed E-state index contributed by atoms with van der Waals surface area (Å²) in [5.41, 5.74) is 9.87. The molecule has 0 saturated carbocycles. The molecule has 6 aromatic carbocycles. The lowest BCUT2D eigenvalue weighted by atomic mass is 9.92. The lowest BCUT2D eigenvalue weighted by Crippen LogP contribution is -1.90. The molecule has 6 aromatic rings. The topological polar surface area (TPSA) is 0 Å². The summed E-state index contributed by atoms with van der Waals surface area (Å²) in [6, 6.07) is 43.8. The van der Waals surface area contributed by atoms with Gasteiger partial charge in [0.1, 0.15) is 0 Å². The molecule has 0 radical (unpaired) electrons. The number of hydrogen-bond acceptors (Lipinski definition) is 0. The first-order valence-electron chi connectivity index (χ1n) is 13.2. The van der Waals surface area contributed by atoms with Crippen molar-refractivity contribution in [3.63, 3.8) is 0 Å². The summed E-state index contributed by atoms with van der Waals surface area (Å²) in [7, 11) is 0. The zero-order chi connectivity index (χ0) is 25.9. The first-order chi connectivity index (χ1) is 18.6. The monoisotopic (exact) mass is 486 g/mol. The van der Waals surface area contributed by atoms with Crippen LogP contribution in [0.25, 0.3) is 57.0 Å². The van der Waals surface area contributed by atoms with Crippen LogP contribution >= 0.6 is 0 Å². The summed E-state index contributed by atoms with van der Waals surface area (Å²) in [6.45, 7) is 4.34. The van der Waals surface area contributed by atoms with Crippen molar-refractivity contribution in [3.8, 4) is 11.1 Å². The van der Waals surface area contributed by atoms with Crippen LogP contribution in [0.4, 0.5) is 0 Å². The summed E-state index contributed by atoms with van der Waals surface area (Å²) >= 11 is 0. The Hall–Kier alpha value is -4.68. The Balaban J connectivity index is 1.39. The summed E-state index contributed by atoms with van der Waals surface area (Å²) in [5.74, 6) is 0. The van der Waals surface area contributed by atoms with Crippen LogP contribution in [0.5, 0.6) is 0 Å². The van der Waals surface area contributed by atoms with Crippen LogP contribution in [0.3, 0.4) is 0 Å². The lowest BCUT2D eigenvalue weighted by molar-refractivity contribution is 1.42. The van der Waals surface area contributed by atoms with Gasteiger partial charge < -0.3 is 0 Å². The standard InChI is InChI=1S/C38H30/c1-27-11-17-33(18-12-27)38-26-34(21-15-29-13-19-31-7-3-5-9-35(31)24-29)28(2)23-37(38)22-16-30-14-20-32-8-4-6-10-36(32)25-30/h3-26H,1-2H3. The molecule has 0 atom stereocenters. The number of benzene rings is 6. The molecule has 38 heavy (non-hydrogen) atoms. The second-order valence-electron chi connectivity index (χ2n) is 10.0. The van der Waals surface area contributed by atoms with Gasteiger partial charge in [-0.3, -0.25) is 0 Å². The zero-order valence-electron chi connectivity index (χ0n) is 21.9. The zero-order valence-corrected chi connectivity index (χ0v) is 21.9. The molecule has 0 aliphatic carbocycles. The second-order valence-corrected chi connectivity index (χ2v) is 10.0. The van der Waals surface area contributed by atoms with Gasteiger partial charge in [0.05, 0.1) is 0 Å². The van der Waals surface area contributed by atoms with E-state index in [-0.39, 0.29) is 0 Å². The molecule has 0 bridgehead atoms. The molecule has 6 rings (SSSR count). The van der Waals surface area contributed by atoms with Gasteiger partial charge in [0, 0.05) is 0 Å². The predicted octanol–water partition coefficient (Wildman–Crippen LogP) is 10.6. The largest absolute Gasteiger partial charge is 0.0616 e. The van der Waals surface area contributed by atoms with E-state index in [1.165, 1.54) is 66.1 Å². The van der Waals surface area contributed by atoms with Gasteiger partial charge in [0.25, 0.3) is 0 Å².